The molecule has 1 aliphatic heterocycles. The van der Waals surface area contributed by atoms with Crippen LogP contribution in [0.4, 0.5) is 5.82 Å². The molecular formula is C25H26BN5O3S. The lowest BCUT2D eigenvalue weighted by molar-refractivity contribution is 0.100. The van der Waals surface area contributed by atoms with Gasteiger partial charge >= 0.3 is 7.12 Å². The van der Waals surface area contributed by atoms with Gasteiger partial charge in [-0.3, -0.25) is 4.79 Å². The van der Waals surface area contributed by atoms with E-state index in [1.54, 1.807) is 24.3 Å². The predicted octanol–water partition coefficient (Wildman–Crippen LogP) is 2.05. The van der Waals surface area contributed by atoms with Crippen molar-refractivity contribution < 1.29 is 14.8 Å². The molecule has 0 unspecified atom stereocenters. The molecule has 5 rings (SSSR count). The molecule has 1 amide bonds. The zero-order valence-electron chi connectivity index (χ0n) is 19.6. The number of anilines is 1. The SMILES string of the molecule is Cc1sc2c(C(N)=O)cccc2c1-c1nc2c(c(NCc3cccc(B(O)O)c3)n1)CN(C)CC2. The van der Waals surface area contributed by atoms with Crippen molar-refractivity contribution in [3.05, 3.63) is 69.7 Å². The van der Waals surface area contributed by atoms with Crippen LogP contribution in [-0.2, 0) is 19.5 Å². The van der Waals surface area contributed by atoms with Crippen LogP contribution in [0.2, 0.25) is 0 Å². The number of aryl methyl sites for hydroxylation is 1. The topological polar surface area (TPSA) is 125 Å². The number of benzene rings is 2. The summed E-state index contributed by atoms with van der Waals surface area (Å²) in [6, 6.07) is 12.7. The van der Waals surface area contributed by atoms with Crippen LogP contribution in [0.25, 0.3) is 21.5 Å². The Balaban J connectivity index is 1.59. The minimum atomic E-state index is -1.51. The quantitative estimate of drug-likeness (QED) is 0.307. The number of hydrogen-bond donors (Lipinski definition) is 4. The van der Waals surface area contributed by atoms with Gasteiger partial charge in [0, 0.05) is 52.1 Å². The van der Waals surface area contributed by atoms with Gasteiger partial charge in [-0.25, -0.2) is 9.97 Å². The molecule has 2 aromatic heterocycles. The zero-order chi connectivity index (χ0) is 24.7. The zero-order valence-corrected chi connectivity index (χ0v) is 20.4. The van der Waals surface area contributed by atoms with E-state index in [1.807, 2.05) is 25.1 Å². The van der Waals surface area contributed by atoms with Gasteiger partial charge in [0.05, 0.1) is 11.3 Å². The lowest BCUT2D eigenvalue weighted by Gasteiger charge is -2.26. The van der Waals surface area contributed by atoms with E-state index in [0.29, 0.717) is 23.4 Å². The van der Waals surface area contributed by atoms with Crippen LogP contribution in [0.5, 0.6) is 0 Å². The standard InChI is InChI=1S/C25H26BN5O3S/c1-14-21(17-7-4-8-18(23(27)32)22(17)35-14)25-29-20-9-10-31(2)13-19(20)24(30-25)28-12-15-5-3-6-16(11-15)26(33)34/h3-8,11,33-34H,9-10,12-13H2,1-2H3,(H2,27,32)(H,28,29,30). The Bertz CT molecular complexity index is 1440. The molecule has 0 saturated heterocycles. The van der Waals surface area contributed by atoms with Crippen molar-refractivity contribution in [2.45, 2.75) is 26.4 Å². The number of likely N-dealkylation sites (N-methyl/N-ethyl adjacent to an activating group) is 1. The maximum Gasteiger partial charge on any atom is 0.488 e. The number of hydrogen-bond acceptors (Lipinski definition) is 8. The average Bonchev–Trinajstić information content (AvgIpc) is 3.18. The van der Waals surface area contributed by atoms with E-state index >= 15 is 0 Å². The summed E-state index contributed by atoms with van der Waals surface area (Å²) < 4.78 is 0.849. The van der Waals surface area contributed by atoms with Crippen LogP contribution >= 0.6 is 11.3 Å². The summed E-state index contributed by atoms with van der Waals surface area (Å²) in [5, 5.41) is 23.4. The summed E-state index contributed by atoms with van der Waals surface area (Å²) in [4.78, 5) is 25.2. The van der Waals surface area contributed by atoms with E-state index < -0.39 is 13.0 Å². The molecule has 8 nitrogen and oxygen atoms in total. The van der Waals surface area contributed by atoms with Crippen molar-refractivity contribution >= 4 is 45.7 Å². The molecule has 2 aromatic carbocycles. The van der Waals surface area contributed by atoms with Gasteiger partial charge in [0.25, 0.3) is 0 Å². The summed E-state index contributed by atoms with van der Waals surface area (Å²) in [6.07, 6.45) is 0.815. The smallest absolute Gasteiger partial charge is 0.423 e. The van der Waals surface area contributed by atoms with Crippen LogP contribution in [-0.4, -0.2) is 51.5 Å². The number of nitrogens with zero attached hydrogens (tertiary/aromatic N) is 3. The van der Waals surface area contributed by atoms with Gasteiger partial charge in [0.2, 0.25) is 5.91 Å². The molecule has 0 saturated carbocycles. The van der Waals surface area contributed by atoms with Gasteiger partial charge in [-0.2, -0.15) is 0 Å². The van der Waals surface area contributed by atoms with Gasteiger partial charge in [0.1, 0.15) is 5.82 Å². The lowest BCUT2D eigenvalue weighted by Crippen LogP contribution is -2.30. The van der Waals surface area contributed by atoms with E-state index in [9.17, 15) is 14.8 Å². The van der Waals surface area contributed by atoms with E-state index in [4.69, 9.17) is 15.7 Å². The fourth-order valence-corrected chi connectivity index (χ4v) is 5.73. The number of nitrogens with two attached hydrogens (primary N) is 1. The lowest BCUT2D eigenvalue weighted by atomic mass is 9.79. The van der Waals surface area contributed by atoms with Crippen LogP contribution in [0.1, 0.15) is 32.1 Å². The van der Waals surface area contributed by atoms with Crippen LogP contribution < -0.4 is 16.5 Å². The number of aromatic nitrogens is 2. The van der Waals surface area contributed by atoms with E-state index in [-0.39, 0.29) is 0 Å². The molecule has 3 heterocycles. The third-order valence-corrected chi connectivity index (χ3v) is 7.50. The van der Waals surface area contributed by atoms with E-state index in [1.165, 1.54) is 11.3 Å². The number of amides is 1. The molecule has 10 heteroatoms. The van der Waals surface area contributed by atoms with Gasteiger partial charge in [-0.05, 0) is 31.1 Å². The Labute approximate surface area is 207 Å². The second-order valence-electron chi connectivity index (χ2n) is 8.86. The molecule has 0 bridgehead atoms. The third-order valence-electron chi connectivity index (χ3n) is 6.34. The summed E-state index contributed by atoms with van der Waals surface area (Å²) in [7, 11) is 0.566. The predicted molar refractivity (Wildman–Crippen MR) is 140 cm³/mol. The van der Waals surface area contributed by atoms with Crippen LogP contribution in [0, 0.1) is 6.92 Å². The van der Waals surface area contributed by atoms with Gasteiger partial charge < -0.3 is 26.0 Å². The highest BCUT2D eigenvalue weighted by molar-refractivity contribution is 7.20. The largest absolute Gasteiger partial charge is 0.488 e. The summed E-state index contributed by atoms with van der Waals surface area (Å²) >= 11 is 1.53. The molecular weight excluding hydrogens is 461 g/mol. The first-order chi connectivity index (χ1) is 16.8. The molecule has 35 heavy (non-hydrogen) atoms. The Morgan fingerprint density at radius 1 is 1.23 bits per heavy atom. The van der Waals surface area contributed by atoms with Crippen molar-refractivity contribution in [1.29, 1.82) is 0 Å². The maximum atomic E-state index is 12.0. The third kappa shape index (κ3) is 4.53. The Morgan fingerprint density at radius 3 is 2.80 bits per heavy atom. The number of fused-ring (bicyclic) bond motifs is 2. The molecule has 0 radical (unpaired) electrons. The summed E-state index contributed by atoms with van der Waals surface area (Å²) in [5.41, 5.74) is 10.5. The monoisotopic (exact) mass is 487 g/mol. The number of carbonyl (C=O) groups excluding carboxylic acids is 1. The fraction of sp³-hybridized carbons (Fsp3) is 0.240. The fourth-order valence-electron chi connectivity index (χ4n) is 4.57. The first kappa shape index (κ1) is 23.4. The van der Waals surface area contributed by atoms with Crippen molar-refractivity contribution in [2.75, 3.05) is 18.9 Å². The second-order valence-corrected chi connectivity index (χ2v) is 10.1. The molecule has 0 atom stereocenters. The first-order valence-electron chi connectivity index (χ1n) is 11.4. The molecule has 178 valence electrons. The highest BCUT2D eigenvalue weighted by atomic mass is 32.1. The van der Waals surface area contributed by atoms with Gasteiger partial charge in [-0.15, -0.1) is 11.3 Å². The Hall–Kier alpha value is -3.31. The number of nitrogens with one attached hydrogen (secondary N) is 1. The molecule has 4 aromatic rings. The molecule has 5 N–H and O–H groups in total. The van der Waals surface area contributed by atoms with Crippen molar-refractivity contribution in [3.8, 4) is 11.4 Å². The average molecular weight is 487 g/mol. The highest BCUT2D eigenvalue weighted by Crippen LogP contribution is 2.39. The van der Waals surface area contributed by atoms with Crippen LogP contribution in [0.15, 0.2) is 42.5 Å². The second kappa shape index (κ2) is 9.39. The Kier molecular flexibility index (Phi) is 6.29. The minimum Gasteiger partial charge on any atom is -0.423 e. The number of primary amides is 1. The maximum absolute atomic E-state index is 12.0. The van der Waals surface area contributed by atoms with Gasteiger partial charge in [0.15, 0.2) is 5.82 Å². The number of rotatable bonds is 6. The summed E-state index contributed by atoms with van der Waals surface area (Å²) in [6.45, 7) is 4.14. The van der Waals surface area contributed by atoms with Crippen molar-refractivity contribution in [2.24, 2.45) is 5.73 Å². The van der Waals surface area contributed by atoms with Crippen LogP contribution in [0.3, 0.4) is 0 Å². The highest BCUT2D eigenvalue weighted by Gasteiger charge is 2.24. The molecule has 0 spiro atoms. The molecule has 1 aliphatic rings. The van der Waals surface area contributed by atoms with E-state index in [0.717, 1.165) is 62.7 Å². The van der Waals surface area contributed by atoms with Gasteiger partial charge in [-0.1, -0.05) is 36.4 Å². The Morgan fingerprint density at radius 2 is 2.03 bits per heavy atom. The number of carbonyl (C=O) groups is 1. The van der Waals surface area contributed by atoms with E-state index in [2.05, 4.69) is 17.3 Å². The first-order valence-corrected chi connectivity index (χ1v) is 12.2. The summed E-state index contributed by atoms with van der Waals surface area (Å²) in [5.74, 6) is 0.937. The van der Waals surface area contributed by atoms with Crippen molar-refractivity contribution in [1.82, 2.24) is 14.9 Å². The van der Waals surface area contributed by atoms with Crippen molar-refractivity contribution in [3.63, 3.8) is 0 Å². The number of thiophene rings is 1. The molecule has 0 fully saturated rings. The normalized spacial score (nSPS) is 13.6. The molecule has 0 aliphatic carbocycles. The minimum absolute atomic E-state index is 0.445.